The van der Waals surface area contributed by atoms with Crippen molar-refractivity contribution in [1.29, 1.82) is 0 Å². The third kappa shape index (κ3) is 1.89. The van der Waals surface area contributed by atoms with Crippen molar-refractivity contribution in [3.63, 3.8) is 0 Å². The molecule has 1 N–H and O–H groups in total. The lowest BCUT2D eigenvalue weighted by Gasteiger charge is -2.12. The van der Waals surface area contributed by atoms with Crippen molar-refractivity contribution >= 4 is 5.97 Å². The Morgan fingerprint density at radius 2 is 2.10 bits per heavy atom. The standard InChI is InChI=1S/C14H14N2O4/c1-8(2)13-10(14(17)18)6-15-16(13)9-3-4-11-12(5-9)20-7-19-11/h3-6,8H,7H2,1-2H3,(H,17,18). The van der Waals surface area contributed by atoms with E-state index in [1.54, 1.807) is 16.8 Å². The van der Waals surface area contributed by atoms with Crippen LogP contribution in [0.1, 0.15) is 35.8 Å². The Morgan fingerprint density at radius 1 is 1.35 bits per heavy atom. The lowest BCUT2D eigenvalue weighted by atomic mass is 10.1. The summed E-state index contributed by atoms with van der Waals surface area (Å²) in [6, 6.07) is 5.43. The largest absolute Gasteiger partial charge is 0.478 e. The molecule has 3 rings (SSSR count). The van der Waals surface area contributed by atoms with Crippen LogP contribution in [-0.4, -0.2) is 27.6 Å². The van der Waals surface area contributed by atoms with Gasteiger partial charge in [0.05, 0.1) is 17.6 Å². The first-order valence-electron chi connectivity index (χ1n) is 6.29. The van der Waals surface area contributed by atoms with Crippen molar-refractivity contribution in [2.75, 3.05) is 6.79 Å². The van der Waals surface area contributed by atoms with E-state index in [0.717, 1.165) is 5.69 Å². The normalized spacial score (nSPS) is 12.9. The van der Waals surface area contributed by atoms with Crippen molar-refractivity contribution in [1.82, 2.24) is 9.78 Å². The fraction of sp³-hybridized carbons (Fsp3) is 0.286. The molecule has 0 aliphatic carbocycles. The summed E-state index contributed by atoms with van der Waals surface area (Å²) in [5.74, 6) is 0.393. The van der Waals surface area contributed by atoms with Gasteiger partial charge < -0.3 is 14.6 Å². The van der Waals surface area contributed by atoms with Gasteiger partial charge >= 0.3 is 5.97 Å². The number of hydrogen-bond donors (Lipinski definition) is 1. The first-order valence-corrected chi connectivity index (χ1v) is 6.29. The number of carboxylic acids is 1. The zero-order valence-corrected chi connectivity index (χ0v) is 11.2. The number of fused-ring (bicyclic) bond motifs is 1. The van der Waals surface area contributed by atoms with E-state index in [4.69, 9.17) is 9.47 Å². The smallest absolute Gasteiger partial charge is 0.339 e. The number of hydrogen-bond acceptors (Lipinski definition) is 4. The second kappa shape index (κ2) is 4.56. The first-order chi connectivity index (χ1) is 9.58. The molecule has 1 aliphatic heterocycles. The summed E-state index contributed by atoms with van der Waals surface area (Å²) in [7, 11) is 0. The molecule has 0 atom stereocenters. The average Bonchev–Trinajstić information content (AvgIpc) is 3.04. The van der Waals surface area contributed by atoms with Gasteiger partial charge in [0, 0.05) is 6.07 Å². The highest BCUT2D eigenvalue weighted by molar-refractivity contribution is 5.89. The van der Waals surface area contributed by atoms with Crippen LogP contribution in [0.3, 0.4) is 0 Å². The van der Waals surface area contributed by atoms with Crippen LogP contribution in [0.15, 0.2) is 24.4 Å². The van der Waals surface area contributed by atoms with Crippen molar-refractivity contribution < 1.29 is 19.4 Å². The molecule has 2 heterocycles. The molecule has 1 aliphatic rings. The van der Waals surface area contributed by atoms with Crippen LogP contribution in [0, 0.1) is 0 Å². The van der Waals surface area contributed by atoms with Gasteiger partial charge in [-0.2, -0.15) is 5.10 Å². The molecule has 1 aromatic heterocycles. The molecule has 0 amide bonds. The number of carboxylic acid groups (broad SMARTS) is 1. The fourth-order valence-electron chi connectivity index (χ4n) is 2.30. The monoisotopic (exact) mass is 274 g/mol. The molecular weight excluding hydrogens is 260 g/mol. The number of carbonyl (C=O) groups is 1. The quantitative estimate of drug-likeness (QED) is 0.930. The van der Waals surface area contributed by atoms with E-state index in [1.165, 1.54) is 6.20 Å². The van der Waals surface area contributed by atoms with Gasteiger partial charge in [0.1, 0.15) is 5.56 Å². The molecule has 0 saturated heterocycles. The summed E-state index contributed by atoms with van der Waals surface area (Å²) in [6.07, 6.45) is 1.38. The molecule has 104 valence electrons. The maximum atomic E-state index is 11.3. The van der Waals surface area contributed by atoms with Crippen LogP contribution in [0.2, 0.25) is 0 Å². The third-order valence-corrected chi connectivity index (χ3v) is 3.18. The first kappa shape index (κ1) is 12.5. The lowest BCUT2D eigenvalue weighted by Crippen LogP contribution is -2.08. The van der Waals surface area contributed by atoms with Crippen molar-refractivity contribution in [2.45, 2.75) is 19.8 Å². The van der Waals surface area contributed by atoms with Crippen molar-refractivity contribution in [3.8, 4) is 17.2 Å². The van der Waals surface area contributed by atoms with Crippen LogP contribution in [0.25, 0.3) is 5.69 Å². The minimum Gasteiger partial charge on any atom is -0.478 e. The predicted molar refractivity (Wildman–Crippen MR) is 70.7 cm³/mol. The maximum absolute atomic E-state index is 11.3. The number of nitrogens with zero attached hydrogens (tertiary/aromatic N) is 2. The summed E-state index contributed by atoms with van der Waals surface area (Å²) in [6.45, 7) is 4.08. The summed E-state index contributed by atoms with van der Waals surface area (Å²) < 4.78 is 12.2. The Morgan fingerprint density at radius 3 is 2.80 bits per heavy atom. The van der Waals surface area contributed by atoms with E-state index in [1.807, 2.05) is 19.9 Å². The molecule has 0 radical (unpaired) electrons. The fourth-order valence-corrected chi connectivity index (χ4v) is 2.30. The highest BCUT2D eigenvalue weighted by Crippen LogP contribution is 2.34. The van der Waals surface area contributed by atoms with Crippen molar-refractivity contribution in [3.05, 3.63) is 35.7 Å². The highest BCUT2D eigenvalue weighted by atomic mass is 16.7. The van der Waals surface area contributed by atoms with Crippen LogP contribution in [0.4, 0.5) is 0 Å². The average molecular weight is 274 g/mol. The summed E-state index contributed by atoms with van der Waals surface area (Å²) in [5.41, 5.74) is 1.64. The Labute approximate surface area is 115 Å². The Kier molecular flexibility index (Phi) is 2.85. The second-order valence-electron chi connectivity index (χ2n) is 4.85. The van der Waals surface area contributed by atoms with Gasteiger partial charge in [0.25, 0.3) is 0 Å². The van der Waals surface area contributed by atoms with E-state index >= 15 is 0 Å². The third-order valence-electron chi connectivity index (χ3n) is 3.18. The lowest BCUT2D eigenvalue weighted by molar-refractivity contribution is 0.0695. The van der Waals surface area contributed by atoms with Gasteiger partial charge in [-0.15, -0.1) is 0 Å². The predicted octanol–water partition coefficient (Wildman–Crippen LogP) is 2.42. The van der Waals surface area contributed by atoms with Crippen LogP contribution < -0.4 is 9.47 Å². The molecule has 0 spiro atoms. The number of aromatic carboxylic acids is 1. The minimum atomic E-state index is -0.972. The zero-order valence-electron chi connectivity index (χ0n) is 11.2. The zero-order chi connectivity index (χ0) is 14.3. The number of ether oxygens (including phenoxy) is 2. The topological polar surface area (TPSA) is 73.6 Å². The van der Waals surface area contributed by atoms with Crippen molar-refractivity contribution in [2.24, 2.45) is 0 Å². The van der Waals surface area contributed by atoms with Crippen LogP contribution >= 0.6 is 0 Å². The van der Waals surface area contributed by atoms with Gasteiger partial charge in [-0.1, -0.05) is 13.8 Å². The van der Waals surface area contributed by atoms with Gasteiger partial charge in [0.15, 0.2) is 11.5 Å². The SMILES string of the molecule is CC(C)c1c(C(=O)O)cnn1-c1ccc2c(c1)OCO2. The molecule has 0 saturated carbocycles. The maximum Gasteiger partial charge on any atom is 0.339 e. The molecule has 6 heteroatoms. The van der Waals surface area contributed by atoms with Crippen LogP contribution in [-0.2, 0) is 0 Å². The van der Waals surface area contributed by atoms with E-state index in [2.05, 4.69) is 5.10 Å². The summed E-state index contributed by atoms with van der Waals surface area (Å²) in [4.78, 5) is 11.3. The molecular formula is C14H14N2O4. The molecule has 0 unspecified atom stereocenters. The van der Waals surface area contributed by atoms with Crippen LogP contribution in [0.5, 0.6) is 11.5 Å². The summed E-state index contributed by atoms with van der Waals surface area (Å²) in [5, 5.41) is 13.4. The molecule has 1 aromatic carbocycles. The van der Waals surface area contributed by atoms with E-state index < -0.39 is 5.97 Å². The van der Waals surface area contributed by atoms with Gasteiger partial charge in [-0.25, -0.2) is 9.48 Å². The molecule has 20 heavy (non-hydrogen) atoms. The molecule has 0 bridgehead atoms. The molecule has 0 fully saturated rings. The number of benzene rings is 1. The van der Waals surface area contributed by atoms with Gasteiger partial charge in [-0.3, -0.25) is 0 Å². The second-order valence-corrected chi connectivity index (χ2v) is 4.85. The van der Waals surface area contributed by atoms with Gasteiger partial charge in [0.2, 0.25) is 6.79 Å². The number of aromatic nitrogens is 2. The van der Waals surface area contributed by atoms with E-state index in [-0.39, 0.29) is 18.3 Å². The minimum absolute atomic E-state index is 0.0361. The number of rotatable bonds is 3. The van der Waals surface area contributed by atoms with Gasteiger partial charge in [-0.05, 0) is 18.1 Å². The van der Waals surface area contributed by atoms with E-state index in [0.29, 0.717) is 17.2 Å². The molecule has 2 aromatic rings. The summed E-state index contributed by atoms with van der Waals surface area (Å²) >= 11 is 0. The highest BCUT2D eigenvalue weighted by Gasteiger charge is 2.21. The van der Waals surface area contributed by atoms with E-state index in [9.17, 15) is 9.90 Å². The Hall–Kier alpha value is -2.50. The molecule has 6 nitrogen and oxygen atoms in total. The Bertz CT molecular complexity index is 676. The Balaban J connectivity index is 2.12.